The van der Waals surface area contributed by atoms with Gasteiger partial charge in [-0.15, -0.1) is 0 Å². The summed E-state index contributed by atoms with van der Waals surface area (Å²) in [6, 6.07) is 9.36. The van der Waals surface area contributed by atoms with Gasteiger partial charge in [-0.3, -0.25) is 4.79 Å². The molecule has 0 radical (unpaired) electrons. The number of hydrogen-bond donors (Lipinski definition) is 0. The molecule has 0 atom stereocenters. The Kier molecular flexibility index (Phi) is 5.35. The van der Waals surface area contributed by atoms with Crippen molar-refractivity contribution in [3.05, 3.63) is 56.4 Å². The zero-order chi connectivity index (χ0) is 16.3. The Morgan fingerprint density at radius 2 is 1.86 bits per heavy atom. The number of carbonyl (C=O) groups is 1. The molecule has 0 unspecified atom stereocenters. The first-order valence-electron chi connectivity index (χ1n) is 7.41. The number of Topliss-reactive ketones (excluding diaryl/α,β-unsaturated/α-hetero) is 1. The van der Waals surface area contributed by atoms with E-state index in [0.717, 1.165) is 22.0 Å². The van der Waals surface area contributed by atoms with Crippen LogP contribution in [-0.4, -0.2) is 5.78 Å². The minimum atomic E-state index is -0.539. The van der Waals surface area contributed by atoms with Gasteiger partial charge >= 0.3 is 5.63 Å². The molecule has 0 aliphatic rings. The van der Waals surface area contributed by atoms with Gasteiger partial charge in [0, 0.05) is 16.0 Å². The van der Waals surface area contributed by atoms with Gasteiger partial charge < -0.3 is 4.42 Å². The number of carbonyl (C=O) groups excluding carboxylic acids is 1. The summed E-state index contributed by atoms with van der Waals surface area (Å²) in [4.78, 5) is 24.6. The van der Waals surface area contributed by atoms with E-state index in [-0.39, 0.29) is 17.3 Å². The molecule has 0 aliphatic carbocycles. The molecule has 0 fully saturated rings. The number of rotatable bonds is 5. The monoisotopic (exact) mass is 362 g/mol. The van der Waals surface area contributed by atoms with E-state index in [0.29, 0.717) is 12.2 Å². The van der Waals surface area contributed by atoms with Crippen LogP contribution in [0.1, 0.15) is 43.1 Å². The molecule has 116 valence electrons. The highest BCUT2D eigenvalue weighted by Crippen LogP contribution is 2.24. The molecule has 1 aromatic heterocycles. The van der Waals surface area contributed by atoms with E-state index in [9.17, 15) is 9.59 Å². The van der Waals surface area contributed by atoms with Gasteiger partial charge in [0.25, 0.3) is 0 Å². The Balaban J connectivity index is 2.58. The van der Waals surface area contributed by atoms with Crippen molar-refractivity contribution >= 4 is 21.7 Å². The maximum atomic E-state index is 12.3. The maximum Gasteiger partial charge on any atom is 0.347 e. The molecule has 22 heavy (non-hydrogen) atoms. The standard InChI is InChI=1S/C18H19BrO3/c1-4-5-13-10-15(12-6-8-14(19)9-7-12)22-18(21)16(13)17(20)11(2)3/h6-11H,4-5H2,1-3H3. The van der Waals surface area contributed by atoms with Crippen molar-refractivity contribution < 1.29 is 9.21 Å². The second-order valence-electron chi connectivity index (χ2n) is 5.57. The van der Waals surface area contributed by atoms with E-state index in [2.05, 4.69) is 15.9 Å². The third kappa shape index (κ3) is 3.55. The first-order valence-corrected chi connectivity index (χ1v) is 8.20. The summed E-state index contributed by atoms with van der Waals surface area (Å²) < 4.78 is 6.36. The van der Waals surface area contributed by atoms with Gasteiger partial charge in [-0.1, -0.05) is 55.3 Å². The van der Waals surface area contributed by atoms with Crippen molar-refractivity contribution in [2.24, 2.45) is 5.92 Å². The largest absolute Gasteiger partial charge is 0.422 e. The molecular weight excluding hydrogens is 344 g/mol. The van der Waals surface area contributed by atoms with Gasteiger partial charge in [-0.25, -0.2) is 4.79 Å². The van der Waals surface area contributed by atoms with E-state index < -0.39 is 5.63 Å². The van der Waals surface area contributed by atoms with E-state index in [4.69, 9.17) is 4.42 Å². The van der Waals surface area contributed by atoms with Crippen LogP contribution in [0.3, 0.4) is 0 Å². The molecule has 3 nitrogen and oxygen atoms in total. The molecular formula is C18H19BrO3. The fraction of sp³-hybridized carbons (Fsp3) is 0.333. The smallest absolute Gasteiger partial charge is 0.347 e. The average Bonchev–Trinajstić information content (AvgIpc) is 2.47. The van der Waals surface area contributed by atoms with Crippen LogP contribution in [0.5, 0.6) is 0 Å². The van der Waals surface area contributed by atoms with Crippen molar-refractivity contribution in [1.82, 2.24) is 0 Å². The van der Waals surface area contributed by atoms with E-state index in [1.54, 1.807) is 13.8 Å². The van der Waals surface area contributed by atoms with Crippen molar-refractivity contribution in [3.8, 4) is 11.3 Å². The fourth-order valence-electron chi connectivity index (χ4n) is 2.31. The van der Waals surface area contributed by atoms with Crippen molar-refractivity contribution in [1.29, 1.82) is 0 Å². The lowest BCUT2D eigenvalue weighted by molar-refractivity contribution is 0.0934. The summed E-state index contributed by atoms with van der Waals surface area (Å²) in [6.07, 6.45) is 1.55. The third-order valence-corrected chi connectivity index (χ3v) is 3.98. The van der Waals surface area contributed by atoms with Gasteiger partial charge in [0.2, 0.25) is 0 Å². The van der Waals surface area contributed by atoms with Crippen molar-refractivity contribution in [2.45, 2.75) is 33.6 Å². The maximum absolute atomic E-state index is 12.3. The Morgan fingerprint density at radius 1 is 1.23 bits per heavy atom. The molecule has 1 aromatic carbocycles. The topological polar surface area (TPSA) is 47.3 Å². The van der Waals surface area contributed by atoms with Crippen LogP contribution in [0.25, 0.3) is 11.3 Å². The lowest BCUT2D eigenvalue weighted by Crippen LogP contribution is -2.21. The predicted molar refractivity (Wildman–Crippen MR) is 91.3 cm³/mol. The summed E-state index contributed by atoms with van der Waals surface area (Å²) in [5, 5.41) is 0. The quantitative estimate of drug-likeness (QED) is 0.713. The number of ketones is 1. The summed E-state index contributed by atoms with van der Waals surface area (Å²) >= 11 is 3.38. The van der Waals surface area contributed by atoms with Gasteiger partial charge in [-0.2, -0.15) is 0 Å². The van der Waals surface area contributed by atoms with Crippen molar-refractivity contribution in [2.75, 3.05) is 0 Å². The Bertz CT molecular complexity index is 727. The van der Waals surface area contributed by atoms with Gasteiger partial charge in [0.15, 0.2) is 5.78 Å². The zero-order valence-corrected chi connectivity index (χ0v) is 14.6. The number of halogens is 1. The number of hydrogen-bond acceptors (Lipinski definition) is 3. The zero-order valence-electron chi connectivity index (χ0n) is 13.0. The minimum Gasteiger partial charge on any atom is -0.422 e. The predicted octanol–water partition coefficient (Wildman–Crippen LogP) is 4.86. The van der Waals surface area contributed by atoms with Crippen LogP contribution in [0.2, 0.25) is 0 Å². The third-order valence-electron chi connectivity index (χ3n) is 3.45. The molecule has 0 bridgehead atoms. The molecule has 0 saturated carbocycles. The minimum absolute atomic E-state index is 0.153. The molecule has 0 spiro atoms. The van der Waals surface area contributed by atoms with Gasteiger partial charge in [0.1, 0.15) is 11.3 Å². The first-order chi connectivity index (χ1) is 10.4. The molecule has 2 aromatic rings. The normalized spacial score (nSPS) is 11.0. The molecule has 0 saturated heterocycles. The van der Waals surface area contributed by atoms with Crippen LogP contribution in [0.4, 0.5) is 0 Å². The van der Waals surface area contributed by atoms with Crippen LogP contribution in [0, 0.1) is 5.92 Å². The second kappa shape index (κ2) is 7.05. The summed E-state index contributed by atoms with van der Waals surface area (Å²) in [7, 11) is 0. The lowest BCUT2D eigenvalue weighted by Gasteiger charge is -2.10. The Labute approximate surface area is 138 Å². The van der Waals surface area contributed by atoms with Crippen LogP contribution >= 0.6 is 15.9 Å². The van der Waals surface area contributed by atoms with Crippen LogP contribution < -0.4 is 5.63 Å². The lowest BCUT2D eigenvalue weighted by atomic mass is 9.95. The average molecular weight is 363 g/mol. The van der Waals surface area contributed by atoms with Crippen LogP contribution in [0.15, 0.2) is 44.0 Å². The number of aryl methyl sites for hydroxylation is 1. The van der Waals surface area contributed by atoms with Gasteiger partial charge in [-0.05, 0) is 30.2 Å². The summed E-state index contributed by atoms with van der Waals surface area (Å²) in [5.74, 6) is 0.123. The summed E-state index contributed by atoms with van der Waals surface area (Å²) in [5.41, 5.74) is 1.26. The first kappa shape index (κ1) is 16.7. The molecule has 4 heteroatoms. The highest BCUT2D eigenvalue weighted by atomic mass is 79.9. The molecule has 0 N–H and O–H groups in total. The van der Waals surface area contributed by atoms with E-state index in [1.807, 2.05) is 37.3 Å². The SMILES string of the molecule is CCCc1cc(-c2ccc(Br)cc2)oc(=O)c1C(=O)C(C)C. The van der Waals surface area contributed by atoms with Crippen molar-refractivity contribution in [3.63, 3.8) is 0 Å². The molecule has 2 rings (SSSR count). The second-order valence-corrected chi connectivity index (χ2v) is 6.49. The summed E-state index contributed by atoms with van der Waals surface area (Å²) in [6.45, 7) is 5.61. The number of benzene rings is 1. The van der Waals surface area contributed by atoms with Gasteiger partial charge in [0.05, 0.1) is 0 Å². The fourth-order valence-corrected chi connectivity index (χ4v) is 2.58. The molecule has 0 amide bonds. The molecule has 0 aliphatic heterocycles. The Morgan fingerprint density at radius 3 is 2.41 bits per heavy atom. The van der Waals surface area contributed by atoms with E-state index >= 15 is 0 Å². The highest BCUT2D eigenvalue weighted by molar-refractivity contribution is 9.10. The Hall–Kier alpha value is -1.68. The highest BCUT2D eigenvalue weighted by Gasteiger charge is 2.21. The molecule has 1 heterocycles. The van der Waals surface area contributed by atoms with Crippen LogP contribution in [-0.2, 0) is 6.42 Å². The van der Waals surface area contributed by atoms with E-state index in [1.165, 1.54) is 0 Å².